The Hall–Kier alpha value is -3.98. The molecule has 0 saturated carbocycles. The van der Waals surface area contributed by atoms with Crippen LogP contribution in [0, 0.1) is 12.7 Å². The number of fused-ring (bicyclic) bond motifs is 1. The summed E-state index contributed by atoms with van der Waals surface area (Å²) in [5.41, 5.74) is 2.73. The second-order valence-corrected chi connectivity index (χ2v) is 8.30. The fourth-order valence-corrected chi connectivity index (χ4v) is 4.33. The van der Waals surface area contributed by atoms with Crippen LogP contribution in [0.2, 0.25) is 0 Å². The maximum Gasteiger partial charge on any atom is 0.280 e. The van der Waals surface area contributed by atoms with Gasteiger partial charge in [0.05, 0.1) is 37.8 Å². The van der Waals surface area contributed by atoms with Crippen molar-refractivity contribution in [1.82, 2.24) is 4.98 Å². The highest BCUT2D eigenvalue weighted by Crippen LogP contribution is 2.38. The SMILES string of the molecule is COc1cc(/C=N/N(C(=O)c2ccc(F)cc2)c2nc3ccc(C)cc3s2)cc(OC)c1OC. The molecule has 0 spiro atoms. The van der Waals surface area contributed by atoms with E-state index in [0.29, 0.717) is 27.9 Å². The fourth-order valence-electron chi connectivity index (χ4n) is 3.31. The van der Waals surface area contributed by atoms with Crippen LogP contribution in [0.4, 0.5) is 9.52 Å². The minimum Gasteiger partial charge on any atom is -0.493 e. The number of hydrogen-bond donors (Lipinski definition) is 0. The Morgan fingerprint density at radius 2 is 1.68 bits per heavy atom. The summed E-state index contributed by atoms with van der Waals surface area (Å²) in [6.07, 6.45) is 1.50. The number of nitrogens with zero attached hydrogens (tertiary/aromatic N) is 3. The summed E-state index contributed by atoms with van der Waals surface area (Å²) < 4.78 is 30.5. The summed E-state index contributed by atoms with van der Waals surface area (Å²) in [6.45, 7) is 1.99. The van der Waals surface area contributed by atoms with E-state index in [4.69, 9.17) is 14.2 Å². The number of halogens is 1. The number of thiazole rings is 1. The van der Waals surface area contributed by atoms with Crippen LogP contribution >= 0.6 is 11.3 Å². The minimum atomic E-state index is -0.445. The van der Waals surface area contributed by atoms with Crippen LogP contribution in [-0.2, 0) is 0 Å². The van der Waals surface area contributed by atoms with Crippen LogP contribution in [0.15, 0.2) is 59.7 Å². The van der Waals surface area contributed by atoms with Crippen LogP contribution in [0.3, 0.4) is 0 Å². The van der Waals surface area contributed by atoms with Crippen LogP contribution in [-0.4, -0.2) is 38.4 Å². The summed E-state index contributed by atoms with van der Waals surface area (Å²) in [7, 11) is 4.56. The van der Waals surface area contributed by atoms with Crippen molar-refractivity contribution >= 4 is 38.8 Å². The largest absolute Gasteiger partial charge is 0.493 e. The molecule has 174 valence electrons. The zero-order valence-electron chi connectivity index (χ0n) is 19.0. The highest BCUT2D eigenvalue weighted by molar-refractivity contribution is 7.22. The molecule has 4 aromatic rings. The van der Waals surface area contributed by atoms with Crippen molar-refractivity contribution in [1.29, 1.82) is 0 Å². The van der Waals surface area contributed by atoms with Crippen molar-refractivity contribution < 1.29 is 23.4 Å². The monoisotopic (exact) mass is 479 g/mol. The standard InChI is InChI=1S/C25H22FN3O4S/c1-15-5-10-19-22(11-15)34-25(28-19)29(24(30)17-6-8-18(26)9-7-17)27-14-16-12-20(31-2)23(33-4)21(13-16)32-3/h5-14H,1-4H3/b27-14+. The van der Waals surface area contributed by atoms with Gasteiger partial charge >= 0.3 is 0 Å². The average molecular weight is 480 g/mol. The molecule has 1 aromatic heterocycles. The molecule has 0 N–H and O–H groups in total. The Kier molecular flexibility index (Phi) is 6.74. The van der Waals surface area contributed by atoms with Gasteiger partial charge in [-0.3, -0.25) is 4.79 Å². The maximum absolute atomic E-state index is 13.4. The number of amides is 1. The Balaban J connectivity index is 1.78. The number of methoxy groups -OCH3 is 3. The summed E-state index contributed by atoms with van der Waals surface area (Å²) >= 11 is 1.34. The first-order chi connectivity index (χ1) is 16.4. The van der Waals surface area contributed by atoms with E-state index in [1.165, 1.54) is 68.2 Å². The average Bonchev–Trinajstić information content (AvgIpc) is 3.26. The molecular formula is C25H22FN3O4S. The third-order valence-corrected chi connectivity index (χ3v) is 6.00. The van der Waals surface area contributed by atoms with E-state index in [-0.39, 0.29) is 5.56 Å². The second kappa shape index (κ2) is 9.88. The Morgan fingerprint density at radius 3 is 2.29 bits per heavy atom. The number of carbonyl (C=O) groups is 1. The normalized spacial score (nSPS) is 11.1. The van der Waals surface area contributed by atoms with Crippen molar-refractivity contribution in [3.63, 3.8) is 0 Å². The van der Waals surface area contributed by atoms with E-state index in [1.807, 2.05) is 25.1 Å². The Morgan fingerprint density at radius 1 is 1.00 bits per heavy atom. The lowest BCUT2D eigenvalue weighted by molar-refractivity contribution is 0.0988. The Labute approximate surface area is 200 Å². The molecule has 34 heavy (non-hydrogen) atoms. The summed E-state index contributed by atoms with van der Waals surface area (Å²) in [5.74, 6) is 0.479. The van der Waals surface area contributed by atoms with Crippen LogP contribution in [0.1, 0.15) is 21.5 Å². The van der Waals surface area contributed by atoms with Gasteiger partial charge in [-0.2, -0.15) is 10.1 Å². The molecule has 7 nitrogen and oxygen atoms in total. The number of aryl methyl sites for hydroxylation is 1. The highest BCUT2D eigenvalue weighted by atomic mass is 32.1. The lowest BCUT2D eigenvalue weighted by atomic mass is 10.2. The molecule has 0 aliphatic heterocycles. The minimum absolute atomic E-state index is 0.277. The van der Waals surface area contributed by atoms with E-state index in [0.717, 1.165) is 15.8 Å². The summed E-state index contributed by atoms with van der Waals surface area (Å²) in [4.78, 5) is 17.9. The Bertz CT molecular complexity index is 1340. The lowest BCUT2D eigenvalue weighted by Crippen LogP contribution is -2.25. The quantitative estimate of drug-likeness (QED) is 0.260. The molecule has 0 aliphatic rings. The summed E-state index contributed by atoms with van der Waals surface area (Å²) in [6, 6.07) is 14.6. The van der Waals surface area contributed by atoms with Crippen molar-refractivity contribution in [3.8, 4) is 17.2 Å². The molecule has 0 unspecified atom stereocenters. The molecule has 3 aromatic carbocycles. The zero-order valence-corrected chi connectivity index (χ0v) is 19.9. The van der Waals surface area contributed by atoms with Gasteiger partial charge in [0, 0.05) is 11.1 Å². The first-order valence-corrected chi connectivity index (χ1v) is 11.1. The number of hydrogen-bond acceptors (Lipinski definition) is 7. The highest BCUT2D eigenvalue weighted by Gasteiger charge is 2.21. The topological polar surface area (TPSA) is 73.2 Å². The first kappa shape index (κ1) is 23.2. The van der Waals surface area contributed by atoms with Gasteiger partial charge in [0.1, 0.15) is 5.82 Å². The molecule has 1 amide bonds. The number of anilines is 1. The van der Waals surface area contributed by atoms with Crippen LogP contribution in [0.5, 0.6) is 17.2 Å². The number of hydrazone groups is 1. The van der Waals surface area contributed by atoms with Gasteiger partial charge in [-0.15, -0.1) is 0 Å². The van der Waals surface area contributed by atoms with E-state index >= 15 is 0 Å². The van der Waals surface area contributed by atoms with Crippen molar-refractivity contribution in [2.24, 2.45) is 5.10 Å². The summed E-state index contributed by atoms with van der Waals surface area (Å²) in [5, 5.41) is 6.04. The van der Waals surface area contributed by atoms with Gasteiger partial charge in [-0.1, -0.05) is 17.4 Å². The van der Waals surface area contributed by atoms with Crippen LogP contribution in [0.25, 0.3) is 10.2 Å². The van der Waals surface area contributed by atoms with Crippen molar-refractivity contribution in [3.05, 3.63) is 77.1 Å². The predicted molar refractivity (Wildman–Crippen MR) is 131 cm³/mol. The number of rotatable bonds is 7. The molecule has 0 saturated heterocycles. The molecule has 0 fully saturated rings. The second-order valence-electron chi connectivity index (χ2n) is 7.29. The van der Waals surface area contributed by atoms with Gasteiger partial charge in [0.15, 0.2) is 11.5 Å². The number of aromatic nitrogens is 1. The maximum atomic E-state index is 13.4. The number of ether oxygens (including phenoxy) is 3. The lowest BCUT2D eigenvalue weighted by Gasteiger charge is -2.15. The van der Waals surface area contributed by atoms with E-state index in [2.05, 4.69) is 10.1 Å². The van der Waals surface area contributed by atoms with Gasteiger partial charge in [0.25, 0.3) is 5.91 Å². The third-order valence-electron chi connectivity index (χ3n) is 5.01. The molecule has 1 heterocycles. The van der Waals surface area contributed by atoms with Gasteiger partial charge < -0.3 is 14.2 Å². The number of benzene rings is 3. The molecule has 0 bridgehead atoms. The molecule has 9 heteroatoms. The molecular weight excluding hydrogens is 457 g/mol. The molecule has 4 rings (SSSR count). The fraction of sp³-hybridized carbons (Fsp3) is 0.160. The zero-order chi connectivity index (χ0) is 24.2. The van der Waals surface area contributed by atoms with E-state index in [9.17, 15) is 9.18 Å². The van der Waals surface area contributed by atoms with E-state index < -0.39 is 11.7 Å². The molecule has 0 radical (unpaired) electrons. The molecule has 0 aliphatic carbocycles. The smallest absolute Gasteiger partial charge is 0.280 e. The van der Waals surface area contributed by atoms with Gasteiger partial charge in [-0.25, -0.2) is 9.37 Å². The van der Waals surface area contributed by atoms with E-state index in [1.54, 1.807) is 12.1 Å². The first-order valence-electron chi connectivity index (χ1n) is 10.2. The predicted octanol–water partition coefficient (Wildman–Crippen LogP) is 5.45. The van der Waals surface area contributed by atoms with Gasteiger partial charge in [0.2, 0.25) is 10.9 Å². The van der Waals surface area contributed by atoms with Gasteiger partial charge in [-0.05, 0) is 61.0 Å². The van der Waals surface area contributed by atoms with Crippen LogP contribution < -0.4 is 19.2 Å². The van der Waals surface area contributed by atoms with Crippen molar-refractivity contribution in [2.75, 3.05) is 26.3 Å². The van der Waals surface area contributed by atoms with Crippen molar-refractivity contribution in [2.45, 2.75) is 6.92 Å². The third kappa shape index (κ3) is 4.69. The number of carbonyl (C=O) groups excluding carboxylic acids is 1. The molecule has 0 atom stereocenters.